The first-order valence-electron chi connectivity index (χ1n) is 7.83. The Morgan fingerprint density at radius 3 is 2.28 bits per heavy atom. The lowest BCUT2D eigenvalue weighted by molar-refractivity contribution is 0.514. The lowest BCUT2D eigenvalue weighted by atomic mass is 9.87. The molecular weight excluding hydrogens is 220 g/mol. The van der Waals surface area contributed by atoms with Crippen LogP contribution in [-0.2, 0) is 0 Å². The molecule has 0 amide bonds. The Morgan fingerprint density at radius 2 is 1.61 bits per heavy atom. The van der Waals surface area contributed by atoms with E-state index < -0.39 is 0 Å². The summed E-state index contributed by atoms with van der Waals surface area (Å²) in [4.78, 5) is 9.13. The highest BCUT2D eigenvalue weighted by molar-refractivity contribution is 6.02. The molecule has 0 aromatic heterocycles. The Balaban J connectivity index is 2.29. The van der Waals surface area contributed by atoms with Crippen molar-refractivity contribution in [1.29, 1.82) is 0 Å². The Labute approximate surface area is 113 Å². The first kappa shape index (κ1) is 15.4. The second kappa shape index (κ2) is 8.44. The molecule has 104 valence electrons. The molecular formula is C16H30N2. The lowest BCUT2D eigenvalue weighted by Gasteiger charge is -2.23. The van der Waals surface area contributed by atoms with Gasteiger partial charge in [0.05, 0.1) is 5.54 Å². The molecule has 1 rings (SSSR count). The second-order valence-electron chi connectivity index (χ2n) is 5.72. The summed E-state index contributed by atoms with van der Waals surface area (Å²) in [7, 11) is 0. The summed E-state index contributed by atoms with van der Waals surface area (Å²) < 4.78 is 0. The number of nitrogens with zero attached hydrogens (tertiary/aromatic N) is 2. The van der Waals surface area contributed by atoms with Crippen molar-refractivity contribution in [2.24, 2.45) is 9.98 Å². The average Bonchev–Trinajstić information content (AvgIpc) is 2.73. The van der Waals surface area contributed by atoms with Crippen LogP contribution in [-0.4, -0.2) is 17.6 Å². The molecule has 1 heterocycles. The molecule has 0 aliphatic carbocycles. The molecule has 1 unspecified atom stereocenters. The summed E-state index contributed by atoms with van der Waals surface area (Å²) in [5.74, 6) is 0. The van der Waals surface area contributed by atoms with Gasteiger partial charge in [-0.1, -0.05) is 58.8 Å². The highest BCUT2D eigenvalue weighted by atomic mass is 15.0. The molecule has 1 aliphatic rings. The number of hydrogen-bond donors (Lipinski definition) is 0. The minimum atomic E-state index is 0.0277. The minimum Gasteiger partial charge on any atom is -0.261 e. The van der Waals surface area contributed by atoms with E-state index in [2.05, 4.69) is 30.8 Å². The maximum Gasteiger partial charge on any atom is 0.111 e. The number of unbranched alkanes of at least 4 members (excludes halogenated alkanes) is 6. The molecule has 0 fully saturated rings. The van der Waals surface area contributed by atoms with E-state index in [0.717, 1.165) is 6.42 Å². The van der Waals surface area contributed by atoms with Crippen LogP contribution in [0.5, 0.6) is 0 Å². The standard InChI is InChI=1S/C16H30N2/c1-4-6-8-10-12-15-16(3,18-14-17-15)13-11-9-7-5-2/h14H,4-13H2,1-3H3. The summed E-state index contributed by atoms with van der Waals surface area (Å²) in [5.41, 5.74) is 1.36. The van der Waals surface area contributed by atoms with Crippen molar-refractivity contribution in [3.8, 4) is 0 Å². The van der Waals surface area contributed by atoms with Crippen LogP contribution in [0.15, 0.2) is 9.98 Å². The van der Waals surface area contributed by atoms with Gasteiger partial charge in [-0.25, -0.2) is 4.99 Å². The third kappa shape index (κ3) is 4.91. The van der Waals surface area contributed by atoms with Gasteiger partial charge >= 0.3 is 0 Å². The van der Waals surface area contributed by atoms with Gasteiger partial charge in [0.15, 0.2) is 0 Å². The smallest absolute Gasteiger partial charge is 0.111 e. The minimum absolute atomic E-state index is 0.0277. The fraction of sp³-hybridized carbons (Fsp3) is 0.875. The van der Waals surface area contributed by atoms with Crippen LogP contribution in [0.1, 0.15) is 85.0 Å². The number of aliphatic imine (C=N–C) groups is 2. The van der Waals surface area contributed by atoms with Crippen molar-refractivity contribution in [1.82, 2.24) is 0 Å². The molecule has 0 radical (unpaired) electrons. The quantitative estimate of drug-likeness (QED) is 0.478. The van der Waals surface area contributed by atoms with E-state index in [1.807, 2.05) is 0 Å². The maximum absolute atomic E-state index is 4.62. The van der Waals surface area contributed by atoms with Gasteiger partial charge in [-0.05, 0) is 26.2 Å². The van der Waals surface area contributed by atoms with Crippen LogP contribution in [0.3, 0.4) is 0 Å². The lowest BCUT2D eigenvalue weighted by Crippen LogP contribution is -2.30. The van der Waals surface area contributed by atoms with Crippen LogP contribution >= 0.6 is 0 Å². The van der Waals surface area contributed by atoms with Gasteiger partial charge in [0.1, 0.15) is 6.34 Å². The molecule has 0 bridgehead atoms. The van der Waals surface area contributed by atoms with Crippen molar-refractivity contribution in [2.75, 3.05) is 0 Å². The van der Waals surface area contributed by atoms with Crippen LogP contribution < -0.4 is 0 Å². The Hall–Kier alpha value is -0.660. The summed E-state index contributed by atoms with van der Waals surface area (Å²) >= 11 is 0. The molecule has 2 nitrogen and oxygen atoms in total. The van der Waals surface area contributed by atoms with Crippen LogP contribution in [0.25, 0.3) is 0 Å². The summed E-state index contributed by atoms with van der Waals surface area (Å²) in [6, 6.07) is 0. The summed E-state index contributed by atoms with van der Waals surface area (Å²) in [6.45, 7) is 6.78. The average molecular weight is 250 g/mol. The van der Waals surface area contributed by atoms with Crippen molar-refractivity contribution in [3.63, 3.8) is 0 Å². The van der Waals surface area contributed by atoms with Gasteiger partial charge in [-0.3, -0.25) is 4.99 Å². The molecule has 0 aromatic carbocycles. The van der Waals surface area contributed by atoms with Gasteiger partial charge in [0, 0.05) is 5.71 Å². The van der Waals surface area contributed by atoms with Gasteiger partial charge in [0.2, 0.25) is 0 Å². The summed E-state index contributed by atoms with van der Waals surface area (Å²) in [6.07, 6.45) is 14.6. The third-order valence-electron chi connectivity index (χ3n) is 3.96. The monoisotopic (exact) mass is 250 g/mol. The molecule has 0 aromatic rings. The molecule has 0 saturated carbocycles. The maximum atomic E-state index is 4.62. The topological polar surface area (TPSA) is 24.7 Å². The fourth-order valence-electron chi connectivity index (χ4n) is 2.60. The Bertz CT molecular complexity index is 281. The van der Waals surface area contributed by atoms with Gasteiger partial charge < -0.3 is 0 Å². The fourth-order valence-corrected chi connectivity index (χ4v) is 2.60. The van der Waals surface area contributed by atoms with E-state index in [-0.39, 0.29) is 5.54 Å². The molecule has 1 aliphatic heterocycles. The molecule has 0 saturated heterocycles. The van der Waals surface area contributed by atoms with Gasteiger partial charge in [0.25, 0.3) is 0 Å². The van der Waals surface area contributed by atoms with E-state index >= 15 is 0 Å². The largest absolute Gasteiger partial charge is 0.261 e. The zero-order valence-electron chi connectivity index (χ0n) is 12.5. The first-order chi connectivity index (χ1) is 8.73. The van der Waals surface area contributed by atoms with E-state index in [4.69, 9.17) is 0 Å². The summed E-state index contributed by atoms with van der Waals surface area (Å²) in [5, 5.41) is 0. The van der Waals surface area contributed by atoms with E-state index in [0.29, 0.717) is 0 Å². The van der Waals surface area contributed by atoms with Crippen molar-refractivity contribution in [3.05, 3.63) is 0 Å². The van der Waals surface area contributed by atoms with Crippen molar-refractivity contribution >= 4 is 12.1 Å². The molecule has 18 heavy (non-hydrogen) atoms. The Morgan fingerprint density at radius 1 is 0.944 bits per heavy atom. The van der Waals surface area contributed by atoms with Crippen molar-refractivity contribution in [2.45, 2.75) is 90.5 Å². The number of hydrogen-bond acceptors (Lipinski definition) is 2. The van der Waals surface area contributed by atoms with E-state index in [1.54, 1.807) is 6.34 Å². The van der Waals surface area contributed by atoms with E-state index in [1.165, 1.54) is 63.5 Å². The Kier molecular flexibility index (Phi) is 7.22. The zero-order valence-corrected chi connectivity index (χ0v) is 12.5. The first-order valence-corrected chi connectivity index (χ1v) is 7.83. The third-order valence-corrected chi connectivity index (χ3v) is 3.96. The van der Waals surface area contributed by atoms with Crippen LogP contribution in [0.2, 0.25) is 0 Å². The molecule has 2 heteroatoms. The predicted molar refractivity (Wildman–Crippen MR) is 81.9 cm³/mol. The second-order valence-corrected chi connectivity index (χ2v) is 5.72. The van der Waals surface area contributed by atoms with E-state index in [9.17, 15) is 0 Å². The predicted octanol–water partition coefficient (Wildman–Crippen LogP) is 5.17. The van der Waals surface area contributed by atoms with Gasteiger partial charge in [-0.15, -0.1) is 0 Å². The van der Waals surface area contributed by atoms with Crippen molar-refractivity contribution < 1.29 is 0 Å². The molecule has 1 atom stereocenters. The number of rotatable bonds is 10. The SMILES string of the molecule is CCCCCCC1=NC=NC1(C)CCCCCC. The van der Waals surface area contributed by atoms with Crippen LogP contribution in [0, 0.1) is 0 Å². The highest BCUT2D eigenvalue weighted by Gasteiger charge is 2.30. The van der Waals surface area contributed by atoms with Gasteiger partial charge in [-0.2, -0.15) is 0 Å². The molecule has 0 spiro atoms. The normalized spacial score (nSPS) is 22.5. The zero-order chi connectivity index (χ0) is 13.3. The van der Waals surface area contributed by atoms with Crippen LogP contribution in [0.4, 0.5) is 0 Å². The molecule has 0 N–H and O–H groups in total. The highest BCUT2D eigenvalue weighted by Crippen LogP contribution is 2.27.